The first-order valence-corrected chi connectivity index (χ1v) is 4.71. The summed E-state index contributed by atoms with van der Waals surface area (Å²) < 4.78 is 0. The smallest absolute Gasteiger partial charge is 0.323 e. The zero-order valence-electron chi connectivity index (χ0n) is 8.24. The van der Waals surface area contributed by atoms with Gasteiger partial charge in [-0.25, -0.2) is 0 Å². The third-order valence-corrected chi connectivity index (χ3v) is 1.99. The maximum Gasteiger partial charge on any atom is 0.323 e. The molecule has 84 valence electrons. The molecule has 1 amide bonds. The van der Waals surface area contributed by atoms with Crippen molar-refractivity contribution in [1.82, 2.24) is 9.88 Å². The van der Waals surface area contributed by atoms with Crippen molar-refractivity contribution >= 4 is 23.5 Å². The van der Waals surface area contributed by atoms with Crippen LogP contribution in [0.25, 0.3) is 0 Å². The molecule has 0 fully saturated rings. The zero-order valence-corrected chi connectivity index (χ0v) is 8.99. The fourth-order valence-electron chi connectivity index (χ4n) is 1.13. The normalized spacial score (nSPS) is 9.50. The van der Waals surface area contributed by atoms with Crippen LogP contribution in [0.3, 0.4) is 0 Å². The topological polar surface area (TPSA) is 73.4 Å². The maximum absolute atomic E-state index is 11.8. The molecule has 0 atom stereocenters. The van der Waals surface area contributed by atoms with E-state index < -0.39 is 18.4 Å². The lowest BCUT2D eigenvalue weighted by Crippen LogP contribution is -2.36. The SMILES string of the molecule is C#CCN(CC(=O)O)C(=O)c1cc(Cl)c[nH]1. The Bertz CT molecular complexity index is 447. The molecule has 0 saturated carbocycles. The molecule has 0 aliphatic rings. The summed E-state index contributed by atoms with van der Waals surface area (Å²) in [6.45, 7) is -0.512. The second-order valence-corrected chi connectivity index (χ2v) is 3.43. The number of halogens is 1. The van der Waals surface area contributed by atoms with Crippen molar-refractivity contribution in [1.29, 1.82) is 0 Å². The molecule has 0 aliphatic heterocycles. The van der Waals surface area contributed by atoms with Crippen LogP contribution in [0.2, 0.25) is 5.02 Å². The Balaban J connectivity index is 2.83. The molecule has 1 aromatic rings. The van der Waals surface area contributed by atoms with Crippen molar-refractivity contribution in [2.75, 3.05) is 13.1 Å². The molecule has 1 heterocycles. The predicted molar refractivity (Wildman–Crippen MR) is 58.2 cm³/mol. The molecule has 1 aromatic heterocycles. The van der Waals surface area contributed by atoms with Crippen LogP contribution in [-0.2, 0) is 4.79 Å². The van der Waals surface area contributed by atoms with Gasteiger partial charge in [0.05, 0.1) is 11.6 Å². The zero-order chi connectivity index (χ0) is 12.1. The first-order valence-electron chi connectivity index (χ1n) is 4.33. The lowest BCUT2D eigenvalue weighted by atomic mass is 10.3. The number of carboxylic acid groups (broad SMARTS) is 1. The second-order valence-electron chi connectivity index (χ2n) is 2.99. The molecular formula is C10H9ClN2O3. The van der Waals surface area contributed by atoms with Gasteiger partial charge in [-0.1, -0.05) is 17.5 Å². The summed E-state index contributed by atoms with van der Waals surface area (Å²) in [7, 11) is 0. The first-order chi connectivity index (χ1) is 7.54. The Kier molecular flexibility index (Phi) is 3.97. The highest BCUT2D eigenvalue weighted by molar-refractivity contribution is 6.30. The molecule has 0 bridgehead atoms. The average Bonchev–Trinajstić information content (AvgIpc) is 2.62. The predicted octanol–water partition coefficient (Wildman–Crippen LogP) is 0.828. The molecule has 0 radical (unpaired) electrons. The molecule has 0 saturated heterocycles. The first kappa shape index (κ1) is 12.1. The minimum absolute atomic E-state index is 0.0677. The van der Waals surface area contributed by atoms with E-state index in [1.165, 1.54) is 12.3 Å². The number of hydrogen-bond donors (Lipinski definition) is 2. The number of aromatic amines is 1. The van der Waals surface area contributed by atoms with E-state index in [1.807, 2.05) is 0 Å². The second kappa shape index (κ2) is 5.24. The number of H-pyrrole nitrogens is 1. The Morgan fingerprint density at radius 3 is 2.75 bits per heavy atom. The summed E-state index contributed by atoms with van der Waals surface area (Å²) in [5.74, 6) is 0.608. The number of aromatic nitrogens is 1. The van der Waals surface area contributed by atoms with E-state index in [4.69, 9.17) is 23.1 Å². The number of aliphatic carboxylic acids is 1. The fourth-order valence-corrected chi connectivity index (χ4v) is 1.30. The van der Waals surface area contributed by atoms with Crippen LogP contribution in [-0.4, -0.2) is 40.0 Å². The van der Waals surface area contributed by atoms with E-state index in [0.717, 1.165) is 4.90 Å². The minimum atomic E-state index is -1.12. The third-order valence-electron chi connectivity index (χ3n) is 1.77. The summed E-state index contributed by atoms with van der Waals surface area (Å²) in [4.78, 5) is 26.0. The van der Waals surface area contributed by atoms with E-state index in [1.54, 1.807) is 0 Å². The number of nitrogens with one attached hydrogen (secondary N) is 1. The van der Waals surface area contributed by atoms with Crippen LogP contribution in [0.15, 0.2) is 12.3 Å². The molecule has 5 nitrogen and oxygen atoms in total. The third kappa shape index (κ3) is 3.04. The van der Waals surface area contributed by atoms with E-state index >= 15 is 0 Å². The largest absolute Gasteiger partial charge is 0.480 e. The quantitative estimate of drug-likeness (QED) is 0.766. The summed E-state index contributed by atoms with van der Waals surface area (Å²) in [5, 5.41) is 8.99. The van der Waals surface area contributed by atoms with Crippen molar-refractivity contribution < 1.29 is 14.7 Å². The van der Waals surface area contributed by atoms with Crippen molar-refractivity contribution in [3.05, 3.63) is 23.0 Å². The van der Waals surface area contributed by atoms with Gasteiger partial charge in [0, 0.05) is 6.20 Å². The van der Waals surface area contributed by atoms with E-state index in [9.17, 15) is 9.59 Å². The fraction of sp³-hybridized carbons (Fsp3) is 0.200. The number of carboxylic acids is 1. The van der Waals surface area contributed by atoms with Crippen molar-refractivity contribution in [3.8, 4) is 12.3 Å². The monoisotopic (exact) mass is 240 g/mol. The highest BCUT2D eigenvalue weighted by atomic mass is 35.5. The lowest BCUT2D eigenvalue weighted by molar-refractivity contribution is -0.137. The number of rotatable bonds is 4. The number of hydrogen-bond acceptors (Lipinski definition) is 2. The number of nitrogens with zero attached hydrogens (tertiary/aromatic N) is 1. The Labute approximate surface area is 97.0 Å². The van der Waals surface area contributed by atoms with Crippen LogP contribution in [0.4, 0.5) is 0 Å². The van der Waals surface area contributed by atoms with Gasteiger partial charge in [-0.15, -0.1) is 6.42 Å². The van der Waals surface area contributed by atoms with E-state index in [-0.39, 0.29) is 12.2 Å². The Morgan fingerprint density at radius 2 is 2.31 bits per heavy atom. The standard InChI is InChI=1S/C10H9ClN2O3/c1-2-3-13(6-9(14)15)10(16)8-4-7(11)5-12-8/h1,4-5,12H,3,6H2,(H,14,15). The molecule has 6 heteroatoms. The minimum Gasteiger partial charge on any atom is -0.480 e. The van der Waals surface area contributed by atoms with Gasteiger partial charge in [0.25, 0.3) is 5.91 Å². The van der Waals surface area contributed by atoms with Crippen LogP contribution >= 0.6 is 11.6 Å². The molecule has 16 heavy (non-hydrogen) atoms. The molecule has 0 aliphatic carbocycles. The number of carbonyl (C=O) groups is 2. The molecular weight excluding hydrogens is 232 g/mol. The number of amides is 1. The average molecular weight is 241 g/mol. The van der Waals surface area contributed by atoms with Crippen molar-refractivity contribution in [3.63, 3.8) is 0 Å². The maximum atomic E-state index is 11.8. The van der Waals surface area contributed by atoms with Gasteiger partial charge < -0.3 is 15.0 Å². The number of carbonyl (C=O) groups excluding carboxylic acids is 1. The summed E-state index contributed by atoms with van der Waals surface area (Å²) in [5.41, 5.74) is 0.210. The van der Waals surface area contributed by atoms with E-state index in [2.05, 4.69) is 10.9 Å². The molecule has 0 unspecified atom stereocenters. The Hall–Kier alpha value is -1.93. The highest BCUT2D eigenvalue weighted by Gasteiger charge is 2.18. The highest BCUT2D eigenvalue weighted by Crippen LogP contribution is 2.11. The van der Waals surface area contributed by atoms with Crippen LogP contribution in [0.5, 0.6) is 0 Å². The van der Waals surface area contributed by atoms with E-state index in [0.29, 0.717) is 5.02 Å². The molecule has 0 aromatic carbocycles. The van der Waals surface area contributed by atoms with Gasteiger partial charge in [0.15, 0.2) is 0 Å². The van der Waals surface area contributed by atoms with Crippen LogP contribution in [0, 0.1) is 12.3 Å². The molecule has 0 spiro atoms. The summed E-state index contributed by atoms with van der Waals surface area (Å²) >= 11 is 5.63. The van der Waals surface area contributed by atoms with Crippen molar-refractivity contribution in [2.24, 2.45) is 0 Å². The number of terminal acetylenes is 1. The van der Waals surface area contributed by atoms with Gasteiger partial charge in [-0.05, 0) is 6.07 Å². The van der Waals surface area contributed by atoms with Crippen LogP contribution < -0.4 is 0 Å². The Morgan fingerprint density at radius 1 is 1.62 bits per heavy atom. The van der Waals surface area contributed by atoms with Gasteiger partial charge in [-0.3, -0.25) is 9.59 Å². The molecule has 2 N–H and O–H groups in total. The molecule has 1 rings (SSSR count). The summed E-state index contributed by atoms with van der Waals surface area (Å²) in [6.07, 6.45) is 6.49. The van der Waals surface area contributed by atoms with Gasteiger partial charge in [0.2, 0.25) is 0 Å². The van der Waals surface area contributed by atoms with Gasteiger partial charge in [-0.2, -0.15) is 0 Å². The van der Waals surface area contributed by atoms with Crippen LogP contribution in [0.1, 0.15) is 10.5 Å². The summed E-state index contributed by atoms with van der Waals surface area (Å²) in [6, 6.07) is 1.41. The van der Waals surface area contributed by atoms with Gasteiger partial charge in [0.1, 0.15) is 12.2 Å². The van der Waals surface area contributed by atoms with Crippen molar-refractivity contribution in [2.45, 2.75) is 0 Å². The lowest BCUT2D eigenvalue weighted by Gasteiger charge is -2.16. The van der Waals surface area contributed by atoms with Gasteiger partial charge >= 0.3 is 5.97 Å².